The molecule has 2 N–H and O–H groups in total. The van der Waals surface area contributed by atoms with E-state index in [1.807, 2.05) is 31.2 Å². The molecule has 20 heavy (non-hydrogen) atoms. The van der Waals surface area contributed by atoms with Gasteiger partial charge in [-0.25, -0.2) is 0 Å². The first-order valence-electron chi connectivity index (χ1n) is 6.99. The van der Waals surface area contributed by atoms with Crippen LogP contribution >= 0.6 is 0 Å². The van der Waals surface area contributed by atoms with E-state index in [0.717, 1.165) is 18.8 Å². The zero-order valence-corrected chi connectivity index (χ0v) is 12.0. The molecule has 1 heterocycles. The predicted molar refractivity (Wildman–Crippen MR) is 81.9 cm³/mol. The molecule has 0 aliphatic rings. The molecule has 0 saturated heterocycles. The number of aryl methyl sites for hydroxylation is 1. The molecule has 0 radical (unpaired) electrons. The van der Waals surface area contributed by atoms with Gasteiger partial charge in [0.1, 0.15) is 0 Å². The van der Waals surface area contributed by atoms with Crippen LogP contribution in [-0.2, 0) is 13.1 Å². The van der Waals surface area contributed by atoms with E-state index in [4.69, 9.17) is 0 Å². The third-order valence-corrected chi connectivity index (χ3v) is 3.16. The molecule has 0 bridgehead atoms. The number of carbonyl (C=O) groups excluding carboxylic acids is 1. The molecule has 0 spiro atoms. The Morgan fingerprint density at radius 1 is 1.15 bits per heavy atom. The summed E-state index contributed by atoms with van der Waals surface area (Å²) in [4.78, 5) is 11.6. The summed E-state index contributed by atoms with van der Waals surface area (Å²) < 4.78 is 2.15. The van der Waals surface area contributed by atoms with Crippen LogP contribution in [-0.4, -0.2) is 17.0 Å². The van der Waals surface area contributed by atoms with E-state index < -0.39 is 0 Å². The highest BCUT2D eigenvalue weighted by Crippen LogP contribution is 2.11. The second kappa shape index (κ2) is 6.80. The van der Waals surface area contributed by atoms with Crippen LogP contribution < -0.4 is 10.6 Å². The van der Waals surface area contributed by atoms with Gasteiger partial charge in [-0.15, -0.1) is 0 Å². The smallest absolute Gasteiger partial charge is 0.251 e. The number of hydrogen-bond donors (Lipinski definition) is 2. The van der Waals surface area contributed by atoms with Crippen molar-refractivity contribution >= 4 is 11.6 Å². The fraction of sp³-hybridized carbons (Fsp3) is 0.312. The molecule has 1 aromatic carbocycles. The van der Waals surface area contributed by atoms with Gasteiger partial charge in [0.2, 0.25) is 0 Å². The molecule has 2 aromatic rings. The van der Waals surface area contributed by atoms with Gasteiger partial charge in [-0.1, -0.05) is 0 Å². The lowest BCUT2D eigenvalue weighted by Crippen LogP contribution is -2.22. The Morgan fingerprint density at radius 3 is 2.50 bits per heavy atom. The Morgan fingerprint density at radius 2 is 1.90 bits per heavy atom. The average molecular weight is 271 g/mol. The van der Waals surface area contributed by atoms with Gasteiger partial charge in [0, 0.05) is 43.3 Å². The van der Waals surface area contributed by atoms with Crippen molar-refractivity contribution in [2.75, 3.05) is 11.9 Å². The van der Waals surface area contributed by atoms with Crippen molar-refractivity contribution in [1.82, 2.24) is 9.88 Å². The highest BCUT2D eigenvalue weighted by atomic mass is 16.1. The van der Waals surface area contributed by atoms with E-state index in [2.05, 4.69) is 40.6 Å². The van der Waals surface area contributed by atoms with Gasteiger partial charge in [-0.3, -0.25) is 4.79 Å². The average Bonchev–Trinajstić information content (AvgIpc) is 2.94. The van der Waals surface area contributed by atoms with Crippen LogP contribution in [0.15, 0.2) is 42.7 Å². The van der Waals surface area contributed by atoms with Crippen LogP contribution in [0.4, 0.5) is 5.69 Å². The molecule has 4 heteroatoms. The van der Waals surface area contributed by atoms with Gasteiger partial charge in [-0.2, -0.15) is 0 Å². The van der Waals surface area contributed by atoms with Crippen molar-refractivity contribution in [3.05, 3.63) is 53.9 Å². The van der Waals surface area contributed by atoms with Gasteiger partial charge >= 0.3 is 0 Å². The Bertz CT molecular complexity index is 557. The van der Waals surface area contributed by atoms with E-state index in [0.29, 0.717) is 12.1 Å². The second-order valence-corrected chi connectivity index (χ2v) is 4.64. The summed E-state index contributed by atoms with van der Waals surface area (Å²) in [5.74, 6) is -0.0286. The number of carbonyl (C=O) groups is 1. The minimum atomic E-state index is -0.0286. The first-order valence-corrected chi connectivity index (χ1v) is 6.99. The third kappa shape index (κ3) is 3.63. The largest absolute Gasteiger partial charge is 0.381 e. The molecule has 0 fully saturated rings. The Labute approximate surface area is 119 Å². The zero-order chi connectivity index (χ0) is 14.4. The van der Waals surface area contributed by atoms with E-state index in [1.165, 1.54) is 5.56 Å². The summed E-state index contributed by atoms with van der Waals surface area (Å²) in [5, 5.41) is 6.14. The number of nitrogens with zero attached hydrogens (tertiary/aromatic N) is 1. The van der Waals surface area contributed by atoms with Gasteiger partial charge in [0.15, 0.2) is 0 Å². The summed E-state index contributed by atoms with van der Waals surface area (Å²) in [5.41, 5.74) is 2.96. The normalized spacial score (nSPS) is 10.3. The van der Waals surface area contributed by atoms with Crippen LogP contribution in [0.5, 0.6) is 0 Å². The maximum atomic E-state index is 11.6. The molecule has 1 amide bonds. The molecule has 0 aliphatic heterocycles. The third-order valence-electron chi connectivity index (χ3n) is 3.16. The van der Waals surface area contributed by atoms with E-state index in [9.17, 15) is 4.79 Å². The second-order valence-electron chi connectivity index (χ2n) is 4.64. The summed E-state index contributed by atoms with van der Waals surface area (Å²) in [6, 6.07) is 9.65. The molecule has 4 nitrogen and oxygen atoms in total. The summed E-state index contributed by atoms with van der Waals surface area (Å²) in [6.07, 6.45) is 4.21. The van der Waals surface area contributed by atoms with Crippen LogP contribution in [0.1, 0.15) is 29.8 Å². The molecule has 0 atom stereocenters. The van der Waals surface area contributed by atoms with Crippen molar-refractivity contribution in [1.29, 1.82) is 0 Å². The van der Waals surface area contributed by atoms with E-state index >= 15 is 0 Å². The maximum absolute atomic E-state index is 11.6. The highest BCUT2D eigenvalue weighted by molar-refractivity contribution is 5.94. The van der Waals surface area contributed by atoms with Crippen molar-refractivity contribution in [2.24, 2.45) is 0 Å². The van der Waals surface area contributed by atoms with Crippen molar-refractivity contribution in [3.8, 4) is 0 Å². The number of nitrogens with one attached hydrogen (secondary N) is 2. The number of rotatable bonds is 6. The van der Waals surface area contributed by atoms with Crippen LogP contribution in [0.25, 0.3) is 0 Å². The Hall–Kier alpha value is -2.23. The van der Waals surface area contributed by atoms with Gasteiger partial charge in [-0.05, 0) is 49.7 Å². The highest BCUT2D eigenvalue weighted by Gasteiger charge is 2.03. The Balaban J connectivity index is 1.92. The summed E-state index contributed by atoms with van der Waals surface area (Å²) in [7, 11) is 0. The fourth-order valence-electron chi connectivity index (χ4n) is 2.00. The van der Waals surface area contributed by atoms with E-state index in [-0.39, 0.29) is 5.91 Å². The van der Waals surface area contributed by atoms with Gasteiger partial charge in [0.25, 0.3) is 5.91 Å². The fourth-order valence-corrected chi connectivity index (χ4v) is 2.00. The lowest BCUT2D eigenvalue weighted by Gasteiger charge is -2.07. The standard InChI is InChI=1S/C16H21N3O/c1-3-17-16(20)14-5-7-15(8-6-14)18-11-13-9-10-19(4-2)12-13/h5-10,12,18H,3-4,11H2,1-2H3,(H,17,20). The minimum Gasteiger partial charge on any atom is -0.381 e. The summed E-state index contributed by atoms with van der Waals surface area (Å²) >= 11 is 0. The predicted octanol–water partition coefficient (Wildman–Crippen LogP) is 2.87. The van der Waals surface area contributed by atoms with Crippen LogP contribution in [0.3, 0.4) is 0 Å². The molecule has 1 aromatic heterocycles. The quantitative estimate of drug-likeness (QED) is 0.848. The van der Waals surface area contributed by atoms with E-state index in [1.54, 1.807) is 0 Å². The number of aromatic nitrogens is 1. The molecule has 0 saturated carbocycles. The van der Waals surface area contributed by atoms with Gasteiger partial charge < -0.3 is 15.2 Å². The van der Waals surface area contributed by atoms with Crippen molar-refractivity contribution in [3.63, 3.8) is 0 Å². The summed E-state index contributed by atoms with van der Waals surface area (Å²) in [6.45, 7) is 6.45. The molecule has 0 aliphatic carbocycles. The maximum Gasteiger partial charge on any atom is 0.251 e. The Kier molecular flexibility index (Phi) is 4.82. The first-order chi connectivity index (χ1) is 9.72. The molecular weight excluding hydrogens is 250 g/mol. The lowest BCUT2D eigenvalue weighted by molar-refractivity contribution is 0.0956. The SMILES string of the molecule is CCNC(=O)c1ccc(NCc2ccn(CC)c2)cc1. The van der Waals surface area contributed by atoms with Crippen LogP contribution in [0, 0.1) is 0 Å². The molecular formula is C16H21N3O. The molecule has 2 rings (SSSR count). The monoisotopic (exact) mass is 271 g/mol. The van der Waals surface area contributed by atoms with Crippen molar-refractivity contribution < 1.29 is 4.79 Å². The molecule has 0 unspecified atom stereocenters. The minimum absolute atomic E-state index is 0.0286. The number of anilines is 1. The molecule has 106 valence electrons. The zero-order valence-electron chi connectivity index (χ0n) is 12.0. The first kappa shape index (κ1) is 14.2. The topological polar surface area (TPSA) is 46.1 Å². The number of hydrogen-bond acceptors (Lipinski definition) is 2. The van der Waals surface area contributed by atoms with Crippen LogP contribution in [0.2, 0.25) is 0 Å². The number of amides is 1. The lowest BCUT2D eigenvalue weighted by atomic mass is 10.2. The van der Waals surface area contributed by atoms with Crippen molar-refractivity contribution in [2.45, 2.75) is 26.9 Å². The van der Waals surface area contributed by atoms with Gasteiger partial charge in [0.05, 0.1) is 0 Å². The number of benzene rings is 1.